The van der Waals surface area contributed by atoms with Gasteiger partial charge in [-0.25, -0.2) is 0 Å². The lowest BCUT2D eigenvalue weighted by atomic mass is 10.4. The van der Waals surface area contributed by atoms with Gasteiger partial charge in [-0.15, -0.1) is 11.3 Å². The van der Waals surface area contributed by atoms with Crippen LogP contribution in [0.25, 0.3) is 0 Å². The summed E-state index contributed by atoms with van der Waals surface area (Å²) in [4.78, 5) is 0. The van der Waals surface area contributed by atoms with Gasteiger partial charge in [-0.05, 0) is 11.4 Å². The second-order valence-electron chi connectivity index (χ2n) is 2.31. The molecule has 2 heterocycles. The Bertz CT molecular complexity index is 246. The molecule has 0 spiro atoms. The van der Waals surface area contributed by atoms with Crippen molar-refractivity contribution in [2.75, 3.05) is 13.2 Å². The van der Waals surface area contributed by atoms with E-state index in [4.69, 9.17) is 14.6 Å². The maximum Gasteiger partial charge on any atom is 0.217 e. The summed E-state index contributed by atoms with van der Waals surface area (Å²) < 4.78 is 10.7. The van der Waals surface area contributed by atoms with E-state index in [0.29, 0.717) is 6.61 Å². The van der Waals surface area contributed by atoms with Crippen molar-refractivity contribution in [3.63, 3.8) is 0 Å². The maximum atomic E-state index is 8.75. The van der Waals surface area contributed by atoms with Gasteiger partial charge in [-0.3, -0.25) is 0 Å². The number of ether oxygens (including phenoxy) is 2. The smallest absolute Gasteiger partial charge is 0.217 e. The lowest BCUT2D eigenvalue weighted by Crippen LogP contribution is -2.31. The fraction of sp³-hybridized carbons (Fsp3) is 0.429. The number of aliphatic hydroxyl groups excluding tert-OH is 1. The molecule has 60 valence electrons. The Morgan fingerprint density at radius 2 is 2.64 bits per heavy atom. The van der Waals surface area contributed by atoms with Gasteiger partial charge in [0.2, 0.25) is 5.06 Å². The predicted molar refractivity (Wildman–Crippen MR) is 41.3 cm³/mol. The van der Waals surface area contributed by atoms with Crippen LogP contribution in [0.15, 0.2) is 11.4 Å². The summed E-state index contributed by atoms with van der Waals surface area (Å²) in [6, 6.07) is 1.85. The first-order chi connectivity index (χ1) is 5.40. The van der Waals surface area contributed by atoms with E-state index in [1.807, 2.05) is 11.4 Å². The van der Waals surface area contributed by atoms with Crippen LogP contribution in [-0.4, -0.2) is 24.4 Å². The number of hydrogen-bond donors (Lipinski definition) is 1. The van der Waals surface area contributed by atoms with E-state index in [2.05, 4.69) is 0 Å². The topological polar surface area (TPSA) is 38.7 Å². The minimum atomic E-state index is -0.197. The molecular formula is C7H8O3S. The van der Waals surface area contributed by atoms with Crippen LogP contribution in [0.2, 0.25) is 0 Å². The average molecular weight is 172 g/mol. The second kappa shape index (κ2) is 2.71. The minimum Gasteiger partial charge on any atom is -0.480 e. The molecule has 0 bridgehead atoms. The zero-order valence-corrected chi connectivity index (χ0v) is 6.63. The van der Waals surface area contributed by atoms with E-state index in [9.17, 15) is 0 Å². The van der Waals surface area contributed by atoms with Gasteiger partial charge in [0.25, 0.3) is 0 Å². The zero-order chi connectivity index (χ0) is 7.68. The standard InChI is InChI=1S/C7H8O3S/c8-3-5-4-9-7-6(10-5)1-2-11-7/h1-2,5,8H,3-4H2. The number of rotatable bonds is 1. The lowest BCUT2D eigenvalue weighted by molar-refractivity contribution is 0.0487. The van der Waals surface area contributed by atoms with Crippen molar-refractivity contribution in [3.8, 4) is 10.8 Å². The normalized spacial score (nSPS) is 21.7. The largest absolute Gasteiger partial charge is 0.480 e. The first-order valence-corrected chi connectivity index (χ1v) is 4.26. The monoisotopic (exact) mass is 172 g/mol. The molecule has 0 saturated carbocycles. The first-order valence-electron chi connectivity index (χ1n) is 3.38. The van der Waals surface area contributed by atoms with Gasteiger partial charge in [0.1, 0.15) is 6.61 Å². The number of fused-ring (bicyclic) bond motifs is 1. The lowest BCUT2D eigenvalue weighted by Gasteiger charge is -2.22. The zero-order valence-electron chi connectivity index (χ0n) is 5.82. The highest BCUT2D eigenvalue weighted by molar-refractivity contribution is 7.12. The Balaban J connectivity index is 2.18. The molecule has 1 N–H and O–H groups in total. The summed E-state index contributed by atoms with van der Waals surface area (Å²) in [5, 5.41) is 11.5. The highest BCUT2D eigenvalue weighted by Crippen LogP contribution is 2.36. The van der Waals surface area contributed by atoms with Crippen LogP contribution in [0, 0.1) is 0 Å². The van der Waals surface area contributed by atoms with E-state index in [1.54, 1.807) is 0 Å². The summed E-state index contributed by atoms with van der Waals surface area (Å²) >= 11 is 1.51. The molecule has 1 aliphatic heterocycles. The Morgan fingerprint density at radius 1 is 1.73 bits per heavy atom. The van der Waals surface area contributed by atoms with Crippen LogP contribution in [0.1, 0.15) is 0 Å². The van der Waals surface area contributed by atoms with Gasteiger partial charge in [0.05, 0.1) is 6.61 Å². The van der Waals surface area contributed by atoms with Crippen molar-refractivity contribution in [2.24, 2.45) is 0 Å². The van der Waals surface area contributed by atoms with Crippen LogP contribution < -0.4 is 9.47 Å². The Kier molecular flexibility index (Phi) is 1.71. The van der Waals surface area contributed by atoms with Gasteiger partial charge in [-0.1, -0.05) is 0 Å². The summed E-state index contributed by atoms with van der Waals surface area (Å²) in [7, 11) is 0. The summed E-state index contributed by atoms with van der Waals surface area (Å²) in [6.45, 7) is 0.458. The van der Waals surface area contributed by atoms with Gasteiger partial charge < -0.3 is 14.6 Å². The molecule has 0 aliphatic carbocycles. The van der Waals surface area contributed by atoms with Crippen LogP contribution in [0.4, 0.5) is 0 Å². The third-order valence-corrected chi connectivity index (χ3v) is 2.30. The average Bonchev–Trinajstić information content (AvgIpc) is 2.50. The molecule has 3 nitrogen and oxygen atoms in total. The van der Waals surface area contributed by atoms with E-state index in [1.165, 1.54) is 11.3 Å². The maximum absolute atomic E-state index is 8.75. The first kappa shape index (κ1) is 6.94. The number of thiophene rings is 1. The van der Waals surface area contributed by atoms with E-state index in [0.717, 1.165) is 10.8 Å². The minimum absolute atomic E-state index is 0.00921. The molecule has 4 heteroatoms. The van der Waals surface area contributed by atoms with Crippen molar-refractivity contribution >= 4 is 11.3 Å². The molecule has 1 aliphatic rings. The summed E-state index contributed by atoms with van der Waals surface area (Å²) in [5.41, 5.74) is 0. The molecule has 11 heavy (non-hydrogen) atoms. The molecule has 1 unspecified atom stereocenters. The van der Waals surface area contributed by atoms with Crippen molar-refractivity contribution in [1.82, 2.24) is 0 Å². The van der Waals surface area contributed by atoms with Crippen molar-refractivity contribution in [3.05, 3.63) is 11.4 Å². The molecule has 1 atom stereocenters. The molecule has 0 amide bonds. The summed E-state index contributed by atoms with van der Waals surface area (Å²) in [5.74, 6) is 0.750. The molecule has 0 aromatic carbocycles. The van der Waals surface area contributed by atoms with Crippen molar-refractivity contribution in [2.45, 2.75) is 6.10 Å². The quantitative estimate of drug-likeness (QED) is 0.683. The second-order valence-corrected chi connectivity index (χ2v) is 3.18. The number of hydrogen-bond acceptors (Lipinski definition) is 4. The molecule has 1 aromatic rings. The van der Waals surface area contributed by atoms with Gasteiger partial charge in [0.15, 0.2) is 11.9 Å². The molecule has 0 saturated heterocycles. The fourth-order valence-corrected chi connectivity index (χ4v) is 1.63. The van der Waals surface area contributed by atoms with Crippen LogP contribution in [0.3, 0.4) is 0 Å². The Morgan fingerprint density at radius 3 is 3.45 bits per heavy atom. The third-order valence-electron chi connectivity index (χ3n) is 1.49. The van der Waals surface area contributed by atoms with E-state index < -0.39 is 0 Å². The van der Waals surface area contributed by atoms with Gasteiger partial charge in [0, 0.05) is 0 Å². The van der Waals surface area contributed by atoms with Gasteiger partial charge in [-0.2, -0.15) is 0 Å². The molecule has 1 aromatic heterocycles. The molecule has 0 fully saturated rings. The van der Waals surface area contributed by atoms with E-state index in [-0.39, 0.29) is 12.7 Å². The fourth-order valence-electron chi connectivity index (χ4n) is 0.948. The highest BCUT2D eigenvalue weighted by atomic mass is 32.1. The molecule has 2 rings (SSSR count). The third kappa shape index (κ3) is 1.19. The molecular weight excluding hydrogens is 164 g/mol. The van der Waals surface area contributed by atoms with Gasteiger partial charge >= 0.3 is 0 Å². The Hall–Kier alpha value is -0.740. The SMILES string of the molecule is OCC1COc2sccc2O1. The van der Waals surface area contributed by atoms with Crippen molar-refractivity contribution < 1.29 is 14.6 Å². The van der Waals surface area contributed by atoms with Crippen LogP contribution in [-0.2, 0) is 0 Å². The predicted octanol–water partition coefficient (Wildman–Crippen LogP) is 0.880. The highest BCUT2D eigenvalue weighted by Gasteiger charge is 2.20. The Labute approximate surface area is 68.2 Å². The molecule has 0 radical (unpaired) electrons. The number of aliphatic hydroxyl groups is 1. The summed E-state index contributed by atoms with van der Waals surface area (Å²) in [6.07, 6.45) is -0.197. The van der Waals surface area contributed by atoms with Crippen molar-refractivity contribution in [1.29, 1.82) is 0 Å². The van der Waals surface area contributed by atoms with E-state index >= 15 is 0 Å². The van der Waals surface area contributed by atoms with Crippen LogP contribution >= 0.6 is 11.3 Å². The van der Waals surface area contributed by atoms with Crippen LogP contribution in [0.5, 0.6) is 10.8 Å².